The molecule has 1 saturated heterocycles. The molecule has 4 heterocycles. The van der Waals surface area contributed by atoms with E-state index in [1.807, 2.05) is 10.8 Å². The lowest BCUT2D eigenvalue weighted by molar-refractivity contribution is -0.171. The molecular weight excluding hydrogens is 336 g/mol. The fourth-order valence-corrected chi connectivity index (χ4v) is 3.71. The van der Waals surface area contributed by atoms with Gasteiger partial charge >= 0.3 is 0 Å². The Morgan fingerprint density at radius 2 is 2.08 bits per heavy atom. The third kappa shape index (κ3) is 2.74. The monoisotopic (exact) mass is 356 g/mol. The van der Waals surface area contributed by atoms with Gasteiger partial charge in [-0.2, -0.15) is 10.2 Å². The van der Waals surface area contributed by atoms with E-state index in [9.17, 15) is 9.59 Å². The van der Waals surface area contributed by atoms with Gasteiger partial charge in [0.05, 0.1) is 24.5 Å². The number of carbonyl (C=O) groups is 2. The third-order valence-corrected chi connectivity index (χ3v) is 5.08. The predicted octanol–water partition coefficient (Wildman–Crippen LogP) is -0.0506. The molecule has 0 saturated carbocycles. The topological polar surface area (TPSA) is 102 Å². The Morgan fingerprint density at radius 1 is 1.27 bits per heavy atom. The van der Waals surface area contributed by atoms with E-state index in [0.29, 0.717) is 38.0 Å². The smallest absolute Gasteiger partial charge is 0.255 e. The van der Waals surface area contributed by atoms with Gasteiger partial charge in [-0.1, -0.05) is 0 Å². The molecule has 0 radical (unpaired) electrons. The van der Waals surface area contributed by atoms with Crippen LogP contribution in [0.3, 0.4) is 0 Å². The summed E-state index contributed by atoms with van der Waals surface area (Å²) in [4.78, 5) is 31.0. The van der Waals surface area contributed by atoms with Gasteiger partial charge in [0.2, 0.25) is 0 Å². The number of fused-ring (bicyclic) bond motifs is 2. The van der Waals surface area contributed by atoms with Gasteiger partial charge in [-0.05, 0) is 6.07 Å². The highest BCUT2D eigenvalue weighted by Gasteiger charge is 2.47. The van der Waals surface area contributed by atoms with Gasteiger partial charge in [-0.25, -0.2) is 4.98 Å². The lowest BCUT2D eigenvalue weighted by atomic mass is 9.88. The number of nitrogens with zero attached hydrogens (tertiary/aromatic N) is 5. The van der Waals surface area contributed by atoms with E-state index in [2.05, 4.69) is 20.5 Å². The van der Waals surface area contributed by atoms with Crippen LogP contribution >= 0.6 is 0 Å². The average Bonchev–Trinajstić information content (AvgIpc) is 3.18. The largest absolute Gasteiger partial charge is 0.357 e. The molecular formula is C17H20N6O3. The Kier molecular flexibility index (Phi) is 4.15. The lowest BCUT2D eigenvalue weighted by Gasteiger charge is -2.45. The second-order valence-corrected chi connectivity index (χ2v) is 6.54. The van der Waals surface area contributed by atoms with Crippen LogP contribution in [0.4, 0.5) is 0 Å². The highest BCUT2D eigenvalue weighted by atomic mass is 16.5. The molecule has 2 aliphatic rings. The first-order chi connectivity index (χ1) is 12.6. The molecule has 9 heteroatoms. The van der Waals surface area contributed by atoms with Crippen LogP contribution in [0.15, 0.2) is 30.9 Å². The Balaban J connectivity index is 1.54. The van der Waals surface area contributed by atoms with Gasteiger partial charge in [-0.15, -0.1) is 0 Å². The fraction of sp³-hybridized carbons (Fsp3) is 0.471. The second-order valence-electron chi connectivity index (χ2n) is 6.54. The molecule has 2 amide bonds. The number of aromatic nitrogens is 4. The zero-order valence-corrected chi connectivity index (χ0v) is 14.5. The van der Waals surface area contributed by atoms with Crippen molar-refractivity contribution < 1.29 is 14.3 Å². The Labute approximate surface area is 150 Å². The average molecular weight is 356 g/mol. The molecule has 1 spiro atoms. The molecule has 2 aromatic rings. The highest BCUT2D eigenvalue weighted by molar-refractivity contribution is 5.93. The summed E-state index contributed by atoms with van der Waals surface area (Å²) < 4.78 is 8.21. The van der Waals surface area contributed by atoms with Crippen molar-refractivity contribution in [3.05, 3.63) is 42.2 Å². The first kappa shape index (κ1) is 16.6. The number of piperidine rings is 1. The number of amides is 2. The highest BCUT2D eigenvalue weighted by Crippen LogP contribution is 2.40. The molecule has 1 N–H and O–H groups in total. The van der Waals surface area contributed by atoms with Gasteiger partial charge in [0, 0.05) is 45.4 Å². The number of likely N-dealkylation sites (N-methyl/N-ethyl adjacent to an activating group) is 1. The van der Waals surface area contributed by atoms with Crippen molar-refractivity contribution in [3.63, 3.8) is 0 Å². The van der Waals surface area contributed by atoms with Crippen LogP contribution in [0, 0.1) is 0 Å². The number of likely N-dealkylation sites (tertiary alicyclic amines) is 1. The normalized spacial score (nSPS) is 21.3. The molecule has 2 aliphatic heterocycles. The van der Waals surface area contributed by atoms with Crippen LogP contribution in [0.2, 0.25) is 0 Å². The fourth-order valence-electron chi connectivity index (χ4n) is 3.71. The molecule has 2 aromatic heterocycles. The van der Waals surface area contributed by atoms with Crippen LogP contribution in [0.1, 0.15) is 29.0 Å². The number of imidazole rings is 1. The zero-order valence-electron chi connectivity index (χ0n) is 14.5. The summed E-state index contributed by atoms with van der Waals surface area (Å²) in [6.07, 6.45) is 7.19. The van der Waals surface area contributed by atoms with E-state index >= 15 is 0 Å². The van der Waals surface area contributed by atoms with Crippen LogP contribution in [-0.4, -0.2) is 62.7 Å². The maximum atomic E-state index is 12.6. The van der Waals surface area contributed by atoms with E-state index < -0.39 is 11.7 Å². The van der Waals surface area contributed by atoms with Gasteiger partial charge in [0.25, 0.3) is 11.8 Å². The van der Waals surface area contributed by atoms with Gasteiger partial charge in [-0.3, -0.25) is 9.59 Å². The van der Waals surface area contributed by atoms with Gasteiger partial charge in [0.1, 0.15) is 11.4 Å². The first-order valence-electron chi connectivity index (χ1n) is 8.60. The second kappa shape index (κ2) is 6.49. The molecule has 0 aliphatic carbocycles. The maximum absolute atomic E-state index is 12.6. The summed E-state index contributed by atoms with van der Waals surface area (Å²) in [5.41, 5.74) is -0.128. The number of nitrogens with one attached hydrogen (secondary N) is 1. The van der Waals surface area contributed by atoms with Gasteiger partial charge < -0.3 is 19.5 Å². The standard InChI is InChI=1S/C17H20N6O3/c1-18-14(24)13-11-23-9-6-19-16(23)17(26-13)3-7-22(8-4-17)15(25)12-2-5-20-21-10-12/h2,5-6,9-10,13H,3-4,7-8,11H2,1H3,(H,18,24)/t13-/m1/s1. The van der Waals surface area contributed by atoms with Crippen molar-refractivity contribution in [2.45, 2.75) is 31.1 Å². The van der Waals surface area contributed by atoms with Crippen LogP contribution < -0.4 is 5.32 Å². The lowest BCUT2D eigenvalue weighted by Crippen LogP contribution is -2.54. The summed E-state index contributed by atoms with van der Waals surface area (Å²) in [5.74, 6) is 0.608. The first-order valence-corrected chi connectivity index (χ1v) is 8.60. The van der Waals surface area contributed by atoms with E-state index in [0.717, 1.165) is 5.82 Å². The minimum absolute atomic E-state index is 0.0725. The van der Waals surface area contributed by atoms with E-state index in [1.54, 1.807) is 24.2 Å². The minimum Gasteiger partial charge on any atom is -0.357 e. The van der Waals surface area contributed by atoms with E-state index in [4.69, 9.17) is 4.74 Å². The zero-order chi connectivity index (χ0) is 18.1. The minimum atomic E-state index is -0.647. The molecule has 0 aromatic carbocycles. The van der Waals surface area contributed by atoms with Crippen molar-refractivity contribution >= 4 is 11.8 Å². The summed E-state index contributed by atoms with van der Waals surface area (Å²) in [6, 6.07) is 1.66. The summed E-state index contributed by atoms with van der Waals surface area (Å²) in [7, 11) is 1.60. The maximum Gasteiger partial charge on any atom is 0.255 e. The number of hydrogen-bond donors (Lipinski definition) is 1. The van der Waals surface area contributed by atoms with Crippen LogP contribution in [0.5, 0.6) is 0 Å². The van der Waals surface area contributed by atoms with E-state index in [1.165, 1.54) is 12.4 Å². The number of hydrogen-bond acceptors (Lipinski definition) is 6. The number of ether oxygens (including phenoxy) is 1. The Hall–Kier alpha value is -2.81. The molecule has 0 bridgehead atoms. The molecule has 4 rings (SSSR count). The predicted molar refractivity (Wildman–Crippen MR) is 90.0 cm³/mol. The Morgan fingerprint density at radius 3 is 2.77 bits per heavy atom. The summed E-state index contributed by atoms with van der Waals surface area (Å²) in [6.45, 7) is 1.49. The number of rotatable bonds is 2. The number of carbonyl (C=O) groups excluding carboxylic acids is 2. The van der Waals surface area contributed by atoms with Gasteiger partial charge in [0.15, 0.2) is 6.10 Å². The molecule has 0 unspecified atom stereocenters. The molecule has 26 heavy (non-hydrogen) atoms. The van der Waals surface area contributed by atoms with Crippen molar-refractivity contribution in [1.82, 2.24) is 30.0 Å². The molecule has 1 atom stereocenters. The van der Waals surface area contributed by atoms with Crippen LogP contribution in [-0.2, 0) is 21.7 Å². The molecule has 9 nitrogen and oxygen atoms in total. The SMILES string of the molecule is CNC(=O)[C@H]1Cn2ccnc2C2(CCN(C(=O)c3ccnnc3)CC2)O1. The summed E-state index contributed by atoms with van der Waals surface area (Å²) in [5, 5.41) is 10.1. The van der Waals surface area contributed by atoms with Crippen molar-refractivity contribution in [3.8, 4) is 0 Å². The van der Waals surface area contributed by atoms with E-state index in [-0.39, 0.29) is 11.8 Å². The molecule has 1 fully saturated rings. The quantitative estimate of drug-likeness (QED) is 0.809. The third-order valence-electron chi connectivity index (χ3n) is 5.08. The van der Waals surface area contributed by atoms with Crippen molar-refractivity contribution in [2.24, 2.45) is 0 Å². The van der Waals surface area contributed by atoms with Crippen molar-refractivity contribution in [2.75, 3.05) is 20.1 Å². The molecule has 136 valence electrons. The van der Waals surface area contributed by atoms with Crippen LogP contribution in [0.25, 0.3) is 0 Å². The van der Waals surface area contributed by atoms with Crippen molar-refractivity contribution in [1.29, 1.82) is 0 Å². The summed E-state index contributed by atoms with van der Waals surface area (Å²) >= 11 is 0. The Bertz CT molecular complexity index is 813.